The molecule has 2 amide bonds. The summed E-state index contributed by atoms with van der Waals surface area (Å²) in [6, 6.07) is 1.91. The quantitative estimate of drug-likeness (QED) is 0.825. The molecule has 1 saturated carbocycles. The van der Waals surface area contributed by atoms with Gasteiger partial charge in [-0.25, -0.2) is 4.68 Å². The third-order valence-corrected chi connectivity index (χ3v) is 6.25. The third kappa shape index (κ3) is 3.77. The molecule has 2 aliphatic rings. The van der Waals surface area contributed by atoms with Crippen molar-refractivity contribution in [3.8, 4) is 0 Å². The first-order valence-corrected chi connectivity index (χ1v) is 10.3. The standard InChI is InChI=1S/C20H28N6O3/c1-13(2)11-21-18(27)16-12-26(24-22-16)17-4-5-20(17)6-8-25(9-7-20)19(28)15-10-14(3)29-23-15/h10,12-13,17H,4-9,11H2,1-3H3,(H,21,27). The van der Waals surface area contributed by atoms with Crippen LogP contribution in [0, 0.1) is 18.3 Å². The largest absolute Gasteiger partial charge is 0.361 e. The molecule has 1 atom stereocenters. The number of likely N-dealkylation sites (tertiary alicyclic amines) is 1. The highest BCUT2D eigenvalue weighted by Gasteiger charge is 2.50. The summed E-state index contributed by atoms with van der Waals surface area (Å²) in [5.41, 5.74) is 0.856. The zero-order valence-electron chi connectivity index (χ0n) is 17.2. The second-order valence-electron chi connectivity index (χ2n) is 8.72. The van der Waals surface area contributed by atoms with Crippen LogP contribution < -0.4 is 5.32 Å². The van der Waals surface area contributed by atoms with E-state index in [0.29, 0.717) is 42.7 Å². The van der Waals surface area contributed by atoms with Crippen LogP contribution in [0.5, 0.6) is 0 Å². The number of nitrogens with one attached hydrogen (secondary N) is 1. The van der Waals surface area contributed by atoms with E-state index in [4.69, 9.17) is 4.52 Å². The Morgan fingerprint density at radius 2 is 2.03 bits per heavy atom. The molecule has 1 aliphatic carbocycles. The second kappa shape index (κ2) is 7.61. The predicted octanol–water partition coefficient (Wildman–Crippen LogP) is 2.22. The summed E-state index contributed by atoms with van der Waals surface area (Å²) >= 11 is 0. The molecule has 9 heteroatoms. The Morgan fingerprint density at radius 1 is 1.28 bits per heavy atom. The summed E-state index contributed by atoms with van der Waals surface area (Å²) in [7, 11) is 0. The molecule has 2 aromatic rings. The van der Waals surface area contributed by atoms with Gasteiger partial charge in [0.15, 0.2) is 11.4 Å². The molecular formula is C20H28N6O3. The van der Waals surface area contributed by atoms with Crippen LogP contribution in [0.1, 0.15) is 72.3 Å². The molecular weight excluding hydrogens is 372 g/mol. The highest BCUT2D eigenvalue weighted by molar-refractivity contribution is 5.92. The number of carbonyl (C=O) groups is 2. The highest BCUT2D eigenvalue weighted by Crippen LogP contribution is 2.56. The van der Waals surface area contributed by atoms with Crippen LogP contribution in [0.4, 0.5) is 0 Å². The van der Waals surface area contributed by atoms with Crippen LogP contribution in [0.15, 0.2) is 16.8 Å². The number of rotatable bonds is 5. The van der Waals surface area contributed by atoms with E-state index >= 15 is 0 Å². The Morgan fingerprint density at radius 3 is 2.62 bits per heavy atom. The third-order valence-electron chi connectivity index (χ3n) is 6.25. The minimum Gasteiger partial charge on any atom is -0.361 e. The smallest absolute Gasteiger partial charge is 0.276 e. The molecule has 1 saturated heterocycles. The van der Waals surface area contributed by atoms with E-state index in [1.165, 1.54) is 0 Å². The molecule has 1 unspecified atom stereocenters. The van der Waals surface area contributed by atoms with Crippen molar-refractivity contribution in [2.45, 2.75) is 52.5 Å². The summed E-state index contributed by atoms with van der Waals surface area (Å²) in [4.78, 5) is 26.7. The number of nitrogens with zero attached hydrogens (tertiary/aromatic N) is 5. The fraction of sp³-hybridized carbons (Fsp3) is 0.650. The van der Waals surface area contributed by atoms with E-state index in [-0.39, 0.29) is 23.3 Å². The molecule has 2 fully saturated rings. The van der Waals surface area contributed by atoms with Crippen molar-refractivity contribution in [1.29, 1.82) is 0 Å². The van der Waals surface area contributed by atoms with Gasteiger partial charge in [-0.2, -0.15) is 0 Å². The summed E-state index contributed by atoms with van der Waals surface area (Å²) in [5, 5.41) is 15.0. The molecule has 4 rings (SSSR count). The number of hydrogen-bond donors (Lipinski definition) is 1. The van der Waals surface area contributed by atoms with Gasteiger partial charge in [-0.1, -0.05) is 24.2 Å². The van der Waals surface area contributed by atoms with Crippen molar-refractivity contribution < 1.29 is 14.1 Å². The Hall–Kier alpha value is -2.71. The molecule has 1 aliphatic heterocycles. The van der Waals surface area contributed by atoms with Crippen LogP contribution in [-0.2, 0) is 0 Å². The summed E-state index contributed by atoms with van der Waals surface area (Å²) in [6.45, 7) is 7.89. The second-order valence-corrected chi connectivity index (χ2v) is 8.72. The molecule has 29 heavy (non-hydrogen) atoms. The minimum atomic E-state index is -0.179. The van der Waals surface area contributed by atoms with Gasteiger partial charge < -0.3 is 14.7 Å². The van der Waals surface area contributed by atoms with E-state index in [0.717, 1.165) is 25.7 Å². The Labute approximate surface area is 169 Å². The number of hydrogen-bond acceptors (Lipinski definition) is 6. The molecule has 1 spiro atoms. The Bertz CT molecular complexity index is 894. The molecule has 3 heterocycles. The lowest BCUT2D eigenvalue weighted by Gasteiger charge is -2.53. The SMILES string of the molecule is Cc1cc(C(=O)N2CCC3(CCC3n3cc(C(=O)NCC(C)C)nn3)CC2)no1. The van der Waals surface area contributed by atoms with Gasteiger partial charge in [0.1, 0.15) is 5.76 Å². The van der Waals surface area contributed by atoms with Gasteiger partial charge in [-0.05, 0) is 43.9 Å². The zero-order chi connectivity index (χ0) is 20.6. The number of piperidine rings is 1. The number of carbonyl (C=O) groups excluding carboxylic acids is 2. The van der Waals surface area contributed by atoms with Crippen LogP contribution in [0.2, 0.25) is 0 Å². The van der Waals surface area contributed by atoms with Crippen molar-refractivity contribution in [2.24, 2.45) is 11.3 Å². The van der Waals surface area contributed by atoms with Gasteiger partial charge in [0.2, 0.25) is 0 Å². The minimum absolute atomic E-state index is 0.0718. The molecule has 1 N–H and O–H groups in total. The van der Waals surface area contributed by atoms with E-state index < -0.39 is 0 Å². The average molecular weight is 400 g/mol. The summed E-state index contributed by atoms with van der Waals surface area (Å²) < 4.78 is 6.88. The van der Waals surface area contributed by atoms with Gasteiger partial charge in [-0.15, -0.1) is 5.10 Å². The maximum absolute atomic E-state index is 12.6. The van der Waals surface area contributed by atoms with Crippen molar-refractivity contribution >= 4 is 11.8 Å². The fourth-order valence-electron chi connectivity index (χ4n) is 4.38. The first-order chi connectivity index (χ1) is 13.9. The summed E-state index contributed by atoms with van der Waals surface area (Å²) in [6.07, 6.45) is 5.71. The zero-order valence-corrected chi connectivity index (χ0v) is 17.2. The van der Waals surface area contributed by atoms with Crippen LogP contribution in [-0.4, -0.2) is 56.5 Å². The van der Waals surface area contributed by atoms with Gasteiger partial charge in [0.05, 0.1) is 12.2 Å². The van der Waals surface area contributed by atoms with E-state index in [2.05, 4.69) is 34.6 Å². The summed E-state index contributed by atoms with van der Waals surface area (Å²) in [5.74, 6) is 0.775. The lowest BCUT2D eigenvalue weighted by Crippen LogP contribution is -2.51. The molecule has 0 radical (unpaired) electrons. The predicted molar refractivity (Wildman–Crippen MR) is 104 cm³/mol. The average Bonchev–Trinajstić information content (AvgIpc) is 3.34. The van der Waals surface area contributed by atoms with Gasteiger partial charge in [-0.3, -0.25) is 9.59 Å². The van der Waals surface area contributed by atoms with Crippen molar-refractivity contribution in [3.63, 3.8) is 0 Å². The van der Waals surface area contributed by atoms with Crippen molar-refractivity contribution in [1.82, 2.24) is 30.4 Å². The van der Waals surface area contributed by atoms with Crippen LogP contribution >= 0.6 is 0 Å². The number of aryl methyl sites for hydroxylation is 1. The van der Waals surface area contributed by atoms with E-state index in [1.807, 2.05) is 9.58 Å². The maximum atomic E-state index is 12.6. The first kappa shape index (κ1) is 19.6. The lowest BCUT2D eigenvalue weighted by atomic mass is 9.59. The van der Waals surface area contributed by atoms with Crippen LogP contribution in [0.25, 0.3) is 0 Å². The Kier molecular flexibility index (Phi) is 5.14. The van der Waals surface area contributed by atoms with E-state index in [9.17, 15) is 9.59 Å². The van der Waals surface area contributed by atoms with Gasteiger partial charge >= 0.3 is 0 Å². The maximum Gasteiger partial charge on any atom is 0.276 e. The molecule has 156 valence electrons. The normalized spacial score (nSPS) is 20.7. The first-order valence-electron chi connectivity index (χ1n) is 10.3. The van der Waals surface area contributed by atoms with Gasteiger partial charge in [0, 0.05) is 25.7 Å². The van der Waals surface area contributed by atoms with Crippen molar-refractivity contribution in [2.75, 3.05) is 19.6 Å². The van der Waals surface area contributed by atoms with Crippen molar-refractivity contribution in [3.05, 3.63) is 29.4 Å². The Balaban J connectivity index is 1.37. The monoisotopic (exact) mass is 400 g/mol. The molecule has 0 aromatic carbocycles. The van der Waals surface area contributed by atoms with E-state index in [1.54, 1.807) is 19.2 Å². The van der Waals surface area contributed by atoms with Gasteiger partial charge in [0.25, 0.3) is 11.8 Å². The lowest BCUT2D eigenvalue weighted by molar-refractivity contribution is -0.0270. The highest BCUT2D eigenvalue weighted by atomic mass is 16.5. The number of amides is 2. The molecule has 0 bridgehead atoms. The van der Waals surface area contributed by atoms with Crippen LogP contribution in [0.3, 0.4) is 0 Å². The topological polar surface area (TPSA) is 106 Å². The number of aromatic nitrogens is 4. The molecule has 2 aromatic heterocycles. The fourth-order valence-corrected chi connectivity index (χ4v) is 4.38. The molecule has 9 nitrogen and oxygen atoms in total.